The largest absolute Gasteiger partial charge is 0.354 e. The first kappa shape index (κ1) is 4.26. The number of nitrogens with one attached hydrogen (secondary N) is 2. The van der Waals surface area contributed by atoms with Gasteiger partial charge in [0.2, 0.25) is 0 Å². The Balaban J connectivity index is 2.51. The van der Waals surface area contributed by atoms with Crippen molar-refractivity contribution >= 4 is 12.2 Å². The third kappa shape index (κ3) is 0.972. The van der Waals surface area contributed by atoms with Crippen LogP contribution < -0.4 is 10.9 Å². The molecule has 0 spiro atoms. The van der Waals surface area contributed by atoms with Crippen LogP contribution in [0.15, 0.2) is 4.99 Å². The summed E-state index contributed by atoms with van der Waals surface area (Å²) in [6.07, 6.45) is 1.51. The fraction of sp³-hybridized carbons (Fsp3) is 0.333. The number of amides is 2. The van der Waals surface area contributed by atoms with Crippen molar-refractivity contribution in [2.24, 2.45) is 4.99 Å². The highest BCUT2D eigenvalue weighted by molar-refractivity contribution is 5.85. The molecule has 1 aliphatic rings. The van der Waals surface area contributed by atoms with Gasteiger partial charge in [-0.1, -0.05) is 0 Å². The van der Waals surface area contributed by atoms with Gasteiger partial charge in [-0.3, -0.25) is 5.43 Å². The summed E-state index contributed by atoms with van der Waals surface area (Å²) in [4.78, 5) is 13.5. The van der Waals surface area contributed by atoms with Gasteiger partial charge in [0, 0.05) is 6.21 Å². The molecule has 0 unspecified atom stereocenters. The van der Waals surface area contributed by atoms with Gasteiger partial charge in [-0.2, -0.15) is 0 Å². The maximum absolute atomic E-state index is 10.1. The van der Waals surface area contributed by atoms with Gasteiger partial charge in [0.05, 0.1) is 6.54 Å². The Morgan fingerprint density at radius 1 is 1.86 bits per heavy atom. The number of carbonyl (C=O) groups excluding carboxylic acids is 1. The molecule has 4 heteroatoms. The molecule has 0 atom stereocenters. The second-order valence-electron chi connectivity index (χ2n) is 1.12. The average molecular weight is 99.1 g/mol. The van der Waals surface area contributed by atoms with E-state index in [1.165, 1.54) is 6.21 Å². The van der Waals surface area contributed by atoms with Gasteiger partial charge in [-0.05, 0) is 0 Å². The van der Waals surface area contributed by atoms with Crippen LogP contribution in [0.25, 0.3) is 0 Å². The summed E-state index contributed by atoms with van der Waals surface area (Å²) >= 11 is 0. The van der Waals surface area contributed by atoms with E-state index in [9.17, 15) is 4.79 Å². The van der Waals surface area contributed by atoms with Crippen molar-refractivity contribution in [1.82, 2.24) is 10.9 Å². The van der Waals surface area contributed by atoms with Crippen LogP contribution in [0, 0.1) is 0 Å². The van der Waals surface area contributed by atoms with Crippen LogP contribution in [0.1, 0.15) is 0 Å². The predicted octanol–water partition coefficient (Wildman–Crippen LogP) is -0.715. The van der Waals surface area contributed by atoms with Gasteiger partial charge in [0.1, 0.15) is 0 Å². The van der Waals surface area contributed by atoms with Gasteiger partial charge in [-0.15, -0.1) is 0 Å². The number of urea groups is 1. The molecule has 1 rings (SSSR count). The molecule has 0 aromatic rings. The second kappa shape index (κ2) is 1.70. The number of hydrazine groups is 1. The first-order chi connectivity index (χ1) is 3.39. The van der Waals surface area contributed by atoms with Gasteiger partial charge in [0.15, 0.2) is 0 Å². The van der Waals surface area contributed by atoms with Crippen LogP contribution in [0.5, 0.6) is 0 Å². The summed E-state index contributed by atoms with van der Waals surface area (Å²) < 4.78 is 0. The minimum atomic E-state index is -0.328. The zero-order valence-corrected chi connectivity index (χ0v) is 3.64. The summed E-state index contributed by atoms with van der Waals surface area (Å²) in [6.45, 7) is 0.617. The average Bonchev–Trinajstić information content (AvgIpc) is 1.69. The molecule has 38 valence electrons. The predicted molar refractivity (Wildman–Crippen MR) is 25.0 cm³/mol. The topological polar surface area (TPSA) is 53.5 Å². The Morgan fingerprint density at radius 3 is 3.00 bits per heavy atom. The molecule has 0 aromatic heterocycles. The van der Waals surface area contributed by atoms with Gasteiger partial charge in [0.25, 0.3) is 0 Å². The highest BCUT2D eigenvalue weighted by atomic mass is 16.2. The van der Waals surface area contributed by atoms with Gasteiger partial charge < -0.3 is 0 Å². The summed E-state index contributed by atoms with van der Waals surface area (Å²) in [6, 6.07) is -0.328. The number of aliphatic imine (C=N–C) groups is 1. The van der Waals surface area contributed by atoms with E-state index in [0.29, 0.717) is 6.54 Å². The minimum Gasteiger partial charge on any atom is -0.271 e. The number of hydrogen-bond donors (Lipinski definition) is 2. The molecule has 4 nitrogen and oxygen atoms in total. The highest BCUT2D eigenvalue weighted by Gasteiger charge is 1.96. The van der Waals surface area contributed by atoms with Crippen LogP contribution in [-0.4, -0.2) is 18.8 Å². The van der Waals surface area contributed by atoms with Crippen molar-refractivity contribution < 1.29 is 4.79 Å². The molecule has 0 radical (unpaired) electrons. The molecule has 0 saturated heterocycles. The van der Waals surface area contributed by atoms with Gasteiger partial charge >= 0.3 is 6.03 Å². The maximum Gasteiger partial charge on any atom is 0.354 e. The van der Waals surface area contributed by atoms with E-state index in [0.717, 1.165) is 0 Å². The lowest BCUT2D eigenvalue weighted by molar-refractivity contribution is 0.245. The molecular weight excluding hydrogens is 94.1 g/mol. The van der Waals surface area contributed by atoms with E-state index >= 15 is 0 Å². The zero-order valence-electron chi connectivity index (χ0n) is 3.64. The van der Waals surface area contributed by atoms with Crippen LogP contribution >= 0.6 is 0 Å². The van der Waals surface area contributed by atoms with Crippen LogP contribution in [0.4, 0.5) is 4.79 Å². The standard InChI is InChI=1S/C3H5N3O/c7-3-4-1-2-5-6-3/h1,5H,2H2,(H,6,7). The Hall–Kier alpha value is -0.900. The van der Waals surface area contributed by atoms with E-state index < -0.39 is 0 Å². The Labute approximate surface area is 40.6 Å². The van der Waals surface area contributed by atoms with E-state index in [-0.39, 0.29) is 6.03 Å². The molecule has 0 bridgehead atoms. The van der Waals surface area contributed by atoms with Crippen molar-refractivity contribution in [1.29, 1.82) is 0 Å². The third-order valence-electron chi connectivity index (χ3n) is 0.597. The molecule has 2 N–H and O–H groups in total. The van der Waals surface area contributed by atoms with Crippen molar-refractivity contribution in [3.05, 3.63) is 0 Å². The quantitative estimate of drug-likeness (QED) is 0.421. The normalized spacial score (nSPS) is 19.1. The molecule has 1 heterocycles. The van der Waals surface area contributed by atoms with Crippen LogP contribution in [-0.2, 0) is 0 Å². The van der Waals surface area contributed by atoms with Crippen molar-refractivity contribution in [2.45, 2.75) is 0 Å². The summed E-state index contributed by atoms with van der Waals surface area (Å²) in [7, 11) is 0. The lowest BCUT2D eigenvalue weighted by Gasteiger charge is -2.03. The number of hydrogen-bond acceptors (Lipinski definition) is 2. The lowest BCUT2D eigenvalue weighted by Crippen LogP contribution is -2.40. The fourth-order valence-electron chi connectivity index (χ4n) is 0.333. The highest BCUT2D eigenvalue weighted by Crippen LogP contribution is 1.71. The van der Waals surface area contributed by atoms with Gasteiger partial charge in [-0.25, -0.2) is 15.2 Å². The van der Waals surface area contributed by atoms with Crippen LogP contribution in [0.3, 0.4) is 0 Å². The number of rotatable bonds is 0. The SMILES string of the molecule is O=C1N=CCNN1. The van der Waals surface area contributed by atoms with E-state index in [2.05, 4.69) is 15.8 Å². The molecule has 2 amide bonds. The molecule has 0 aromatic carbocycles. The van der Waals surface area contributed by atoms with E-state index in [4.69, 9.17) is 0 Å². The third-order valence-corrected chi connectivity index (χ3v) is 0.597. The molecule has 0 aliphatic carbocycles. The van der Waals surface area contributed by atoms with Crippen molar-refractivity contribution in [3.63, 3.8) is 0 Å². The zero-order chi connectivity index (χ0) is 5.11. The number of carbonyl (C=O) groups is 1. The molecule has 1 aliphatic heterocycles. The van der Waals surface area contributed by atoms with Crippen molar-refractivity contribution in [2.75, 3.05) is 6.54 Å². The Bertz CT molecular complexity index is 109. The van der Waals surface area contributed by atoms with Crippen LogP contribution in [0.2, 0.25) is 0 Å². The Kier molecular flexibility index (Phi) is 1.04. The molecule has 0 saturated carbocycles. The second-order valence-corrected chi connectivity index (χ2v) is 1.12. The monoisotopic (exact) mass is 99.0 g/mol. The summed E-state index contributed by atoms with van der Waals surface area (Å²) in [5, 5.41) is 0. The smallest absolute Gasteiger partial charge is 0.271 e. The van der Waals surface area contributed by atoms with E-state index in [1.54, 1.807) is 0 Å². The summed E-state index contributed by atoms with van der Waals surface area (Å²) in [5.41, 5.74) is 4.88. The Morgan fingerprint density at radius 2 is 2.71 bits per heavy atom. The first-order valence-corrected chi connectivity index (χ1v) is 1.95. The number of nitrogens with zero attached hydrogens (tertiary/aromatic N) is 1. The van der Waals surface area contributed by atoms with E-state index in [1.807, 2.05) is 0 Å². The molecular formula is C3H5N3O. The molecule has 0 fully saturated rings. The first-order valence-electron chi connectivity index (χ1n) is 1.95. The van der Waals surface area contributed by atoms with Crippen molar-refractivity contribution in [3.8, 4) is 0 Å². The maximum atomic E-state index is 10.1. The lowest BCUT2D eigenvalue weighted by atomic mass is 10.7. The molecule has 7 heavy (non-hydrogen) atoms. The summed E-state index contributed by atoms with van der Waals surface area (Å²) in [5.74, 6) is 0. The minimum absolute atomic E-state index is 0.328. The fourth-order valence-corrected chi connectivity index (χ4v) is 0.333.